The monoisotopic (exact) mass is 390 g/mol. The quantitative estimate of drug-likeness (QED) is 0.521. The van der Waals surface area contributed by atoms with Gasteiger partial charge in [-0.2, -0.15) is 4.98 Å². The summed E-state index contributed by atoms with van der Waals surface area (Å²) in [4.78, 5) is 23.4. The maximum absolute atomic E-state index is 12.6. The molecule has 1 N–H and O–H groups in total. The summed E-state index contributed by atoms with van der Waals surface area (Å²) in [6.45, 7) is 0.560. The fraction of sp³-hybridized carbons (Fsp3) is 0.190. The third kappa shape index (κ3) is 2.88. The van der Waals surface area contributed by atoms with Gasteiger partial charge in [-0.1, -0.05) is 17.3 Å². The topological polar surface area (TPSA) is 75.0 Å². The van der Waals surface area contributed by atoms with Gasteiger partial charge < -0.3 is 14.4 Å². The predicted octanol–water partition coefficient (Wildman–Crippen LogP) is 4.46. The highest BCUT2D eigenvalue weighted by molar-refractivity contribution is 7.98. The number of H-pyrrole nitrogens is 1. The Hall–Kier alpha value is -3.06. The van der Waals surface area contributed by atoms with Crippen molar-refractivity contribution in [3.05, 3.63) is 60.6 Å². The summed E-state index contributed by atoms with van der Waals surface area (Å²) in [7, 11) is 0. The van der Waals surface area contributed by atoms with Crippen LogP contribution in [0, 0.1) is 0 Å². The Labute approximate surface area is 165 Å². The minimum absolute atomic E-state index is 0.0756. The number of benzene rings is 2. The van der Waals surface area contributed by atoms with E-state index in [9.17, 15) is 4.79 Å². The van der Waals surface area contributed by atoms with E-state index in [0.29, 0.717) is 24.7 Å². The number of rotatable bonds is 4. The molecule has 28 heavy (non-hydrogen) atoms. The summed E-state index contributed by atoms with van der Waals surface area (Å²) in [5.41, 5.74) is 2.83. The number of amides is 1. The summed E-state index contributed by atoms with van der Waals surface area (Å²) in [6, 6.07) is 15.9. The molecule has 6 nitrogen and oxygen atoms in total. The van der Waals surface area contributed by atoms with E-state index < -0.39 is 0 Å². The number of nitrogens with one attached hydrogen (secondary N) is 1. The molecule has 1 aliphatic heterocycles. The van der Waals surface area contributed by atoms with Crippen LogP contribution in [0.1, 0.15) is 18.2 Å². The van der Waals surface area contributed by atoms with E-state index in [4.69, 9.17) is 4.52 Å². The Balaban J connectivity index is 1.42. The van der Waals surface area contributed by atoms with Crippen molar-refractivity contribution in [2.75, 3.05) is 17.7 Å². The van der Waals surface area contributed by atoms with Crippen molar-refractivity contribution in [3.8, 4) is 11.5 Å². The Morgan fingerprint density at radius 3 is 3.00 bits per heavy atom. The van der Waals surface area contributed by atoms with E-state index in [0.717, 1.165) is 27.0 Å². The molecule has 140 valence electrons. The van der Waals surface area contributed by atoms with Crippen LogP contribution < -0.4 is 4.90 Å². The van der Waals surface area contributed by atoms with Crippen molar-refractivity contribution in [3.63, 3.8) is 0 Å². The molecule has 1 aliphatic rings. The standard InChI is InChI=1S/C21H18N4O2S/c1-28-15-5-2-4-14(11-15)25-12-13(10-19(25)26)20-23-21(27-24-20)17-6-3-7-18-16(17)8-9-22-18/h2-9,11,13,22H,10,12H2,1H3. The van der Waals surface area contributed by atoms with Gasteiger partial charge in [0.25, 0.3) is 5.89 Å². The van der Waals surface area contributed by atoms with Crippen LogP contribution in [0.5, 0.6) is 0 Å². The number of carbonyl (C=O) groups is 1. The van der Waals surface area contributed by atoms with Crippen LogP contribution in [-0.2, 0) is 4.79 Å². The van der Waals surface area contributed by atoms with Gasteiger partial charge in [0.05, 0.1) is 0 Å². The van der Waals surface area contributed by atoms with Gasteiger partial charge in [-0.05, 0) is 42.7 Å². The van der Waals surface area contributed by atoms with Gasteiger partial charge in [0, 0.05) is 52.1 Å². The zero-order valence-electron chi connectivity index (χ0n) is 15.3. The van der Waals surface area contributed by atoms with Crippen LogP contribution >= 0.6 is 11.8 Å². The number of carbonyl (C=O) groups excluding carboxylic acids is 1. The molecule has 0 spiro atoms. The minimum Gasteiger partial charge on any atom is -0.361 e. The maximum atomic E-state index is 12.6. The fourth-order valence-electron chi connectivity index (χ4n) is 3.69. The van der Waals surface area contributed by atoms with Crippen molar-refractivity contribution in [1.29, 1.82) is 0 Å². The van der Waals surface area contributed by atoms with E-state index in [2.05, 4.69) is 15.1 Å². The SMILES string of the molecule is CSc1cccc(N2CC(c3noc(-c4cccc5[nH]ccc45)n3)CC2=O)c1. The second-order valence-electron chi connectivity index (χ2n) is 6.81. The molecule has 2 aromatic heterocycles. The van der Waals surface area contributed by atoms with Crippen molar-refractivity contribution in [1.82, 2.24) is 15.1 Å². The van der Waals surface area contributed by atoms with Gasteiger partial charge >= 0.3 is 0 Å². The van der Waals surface area contributed by atoms with Gasteiger partial charge in [0.1, 0.15) is 0 Å². The number of aromatic nitrogens is 3. The van der Waals surface area contributed by atoms with Crippen molar-refractivity contribution >= 4 is 34.3 Å². The first-order valence-electron chi connectivity index (χ1n) is 9.07. The molecule has 3 heterocycles. The summed E-state index contributed by atoms with van der Waals surface area (Å²) < 4.78 is 5.55. The summed E-state index contributed by atoms with van der Waals surface area (Å²) in [5, 5.41) is 5.22. The molecule has 7 heteroatoms. The fourth-order valence-corrected chi connectivity index (χ4v) is 4.14. The van der Waals surface area contributed by atoms with E-state index in [-0.39, 0.29) is 11.8 Å². The van der Waals surface area contributed by atoms with Gasteiger partial charge in [-0.15, -0.1) is 11.8 Å². The molecule has 4 aromatic rings. The summed E-state index contributed by atoms with van der Waals surface area (Å²) >= 11 is 1.66. The van der Waals surface area contributed by atoms with Gasteiger partial charge in [0.15, 0.2) is 5.82 Å². The molecule has 5 rings (SSSR count). The lowest BCUT2D eigenvalue weighted by atomic mass is 10.1. The highest BCUT2D eigenvalue weighted by atomic mass is 32.2. The van der Waals surface area contributed by atoms with Crippen molar-refractivity contribution in [2.45, 2.75) is 17.2 Å². The Kier molecular flexibility index (Phi) is 4.16. The molecule has 0 radical (unpaired) electrons. The summed E-state index contributed by atoms with van der Waals surface area (Å²) in [6.07, 6.45) is 4.30. The lowest BCUT2D eigenvalue weighted by molar-refractivity contribution is -0.117. The molecule has 1 saturated heterocycles. The Bertz CT molecular complexity index is 1170. The number of hydrogen-bond donors (Lipinski definition) is 1. The Morgan fingerprint density at radius 2 is 2.11 bits per heavy atom. The first-order chi connectivity index (χ1) is 13.7. The molecular weight excluding hydrogens is 372 g/mol. The third-order valence-corrected chi connectivity index (χ3v) is 5.85. The zero-order valence-corrected chi connectivity index (χ0v) is 16.1. The van der Waals surface area contributed by atoms with Crippen molar-refractivity contribution in [2.24, 2.45) is 0 Å². The zero-order chi connectivity index (χ0) is 19.1. The third-order valence-electron chi connectivity index (χ3n) is 5.12. The molecular formula is C21H18N4O2S. The van der Waals surface area contributed by atoms with Gasteiger partial charge in [-0.25, -0.2) is 0 Å². The van der Waals surface area contributed by atoms with Crippen LogP contribution in [0.25, 0.3) is 22.4 Å². The van der Waals surface area contributed by atoms with E-state index in [1.807, 2.05) is 65.9 Å². The number of fused-ring (bicyclic) bond motifs is 1. The normalized spacial score (nSPS) is 17.0. The number of aromatic amines is 1. The van der Waals surface area contributed by atoms with Crippen LogP contribution in [0.2, 0.25) is 0 Å². The van der Waals surface area contributed by atoms with Gasteiger partial charge in [-0.3, -0.25) is 4.79 Å². The highest BCUT2D eigenvalue weighted by Gasteiger charge is 2.34. The Morgan fingerprint density at radius 1 is 1.21 bits per heavy atom. The first-order valence-corrected chi connectivity index (χ1v) is 10.3. The molecule has 1 atom stereocenters. The number of anilines is 1. The lowest BCUT2D eigenvalue weighted by Crippen LogP contribution is -2.24. The van der Waals surface area contributed by atoms with E-state index >= 15 is 0 Å². The predicted molar refractivity (Wildman–Crippen MR) is 110 cm³/mol. The molecule has 0 aliphatic carbocycles. The number of nitrogens with zero attached hydrogens (tertiary/aromatic N) is 3. The molecule has 0 saturated carbocycles. The molecule has 1 fully saturated rings. The van der Waals surface area contributed by atoms with Crippen LogP contribution in [-0.4, -0.2) is 33.8 Å². The molecule has 0 bridgehead atoms. The average molecular weight is 390 g/mol. The van der Waals surface area contributed by atoms with Crippen LogP contribution in [0.3, 0.4) is 0 Å². The number of hydrogen-bond acceptors (Lipinski definition) is 5. The van der Waals surface area contributed by atoms with Crippen LogP contribution in [0.15, 0.2) is 64.1 Å². The average Bonchev–Trinajstić information content (AvgIpc) is 3.46. The maximum Gasteiger partial charge on any atom is 0.258 e. The largest absolute Gasteiger partial charge is 0.361 e. The number of thioether (sulfide) groups is 1. The molecule has 2 aromatic carbocycles. The second-order valence-corrected chi connectivity index (χ2v) is 7.69. The smallest absolute Gasteiger partial charge is 0.258 e. The van der Waals surface area contributed by atoms with E-state index in [1.165, 1.54) is 0 Å². The van der Waals surface area contributed by atoms with E-state index in [1.54, 1.807) is 11.8 Å². The van der Waals surface area contributed by atoms with Crippen LogP contribution in [0.4, 0.5) is 5.69 Å². The summed E-state index contributed by atoms with van der Waals surface area (Å²) in [5.74, 6) is 1.07. The van der Waals surface area contributed by atoms with Crippen molar-refractivity contribution < 1.29 is 9.32 Å². The highest BCUT2D eigenvalue weighted by Crippen LogP contribution is 2.34. The second kappa shape index (κ2) is 6.83. The lowest BCUT2D eigenvalue weighted by Gasteiger charge is -2.16. The molecule has 1 unspecified atom stereocenters. The minimum atomic E-state index is -0.0756. The first kappa shape index (κ1) is 17.1. The molecule has 1 amide bonds. The van der Waals surface area contributed by atoms with Gasteiger partial charge in [0.2, 0.25) is 5.91 Å².